The van der Waals surface area contributed by atoms with E-state index in [1.807, 2.05) is 59.0 Å². The summed E-state index contributed by atoms with van der Waals surface area (Å²) in [4.78, 5) is 26.9. The van der Waals surface area contributed by atoms with Crippen molar-refractivity contribution in [3.63, 3.8) is 0 Å². The molecular weight excluding hydrogens is 344 g/mol. The maximum Gasteiger partial charge on any atom is 0.408 e. The minimum Gasteiger partial charge on any atom is -0.469 e. The first-order valence-electron chi connectivity index (χ1n) is 9.16. The number of rotatable bonds is 6. The highest BCUT2D eigenvalue weighted by Gasteiger charge is 2.26. The Labute approximate surface area is 160 Å². The van der Waals surface area contributed by atoms with Crippen LogP contribution in [0.4, 0.5) is 4.79 Å². The molecule has 0 radical (unpaired) electrons. The molecule has 0 fully saturated rings. The number of methoxy groups -OCH3 is 1. The molecule has 1 amide bonds. The summed E-state index contributed by atoms with van der Waals surface area (Å²) in [6, 6.07) is 6.04. The first kappa shape index (κ1) is 20.8. The van der Waals surface area contributed by atoms with Gasteiger partial charge in [-0.3, -0.25) is 4.79 Å². The van der Waals surface area contributed by atoms with Gasteiger partial charge in [0, 0.05) is 29.1 Å². The molecule has 0 saturated carbocycles. The molecule has 6 nitrogen and oxygen atoms in total. The molecule has 0 unspecified atom stereocenters. The van der Waals surface area contributed by atoms with Crippen LogP contribution in [0.3, 0.4) is 0 Å². The van der Waals surface area contributed by atoms with Crippen molar-refractivity contribution in [3.8, 4) is 0 Å². The minimum atomic E-state index is -0.532. The van der Waals surface area contributed by atoms with Crippen LogP contribution in [0.2, 0.25) is 0 Å². The molecule has 148 valence electrons. The van der Waals surface area contributed by atoms with Gasteiger partial charge in [0.1, 0.15) is 5.60 Å². The van der Waals surface area contributed by atoms with Crippen LogP contribution in [-0.4, -0.2) is 35.3 Å². The number of carbonyl (C=O) groups is 2. The summed E-state index contributed by atoms with van der Waals surface area (Å²) in [5, 5.41) is 4.04. The van der Waals surface area contributed by atoms with Crippen molar-refractivity contribution in [2.75, 3.05) is 7.11 Å². The minimum absolute atomic E-state index is 0.221. The molecule has 0 aliphatic carbocycles. The van der Waals surface area contributed by atoms with Gasteiger partial charge in [-0.15, -0.1) is 0 Å². The maximum absolute atomic E-state index is 12.1. The second-order valence-electron chi connectivity index (χ2n) is 8.42. The third-order valence-electron chi connectivity index (χ3n) is 4.19. The number of hydrogen-bond acceptors (Lipinski definition) is 4. The van der Waals surface area contributed by atoms with Crippen molar-refractivity contribution in [1.29, 1.82) is 0 Å². The highest BCUT2D eigenvalue weighted by Crippen LogP contribution is 2.26. The monoisotopic (exact) mass is 374 g/mol. The fraction of sp³-hybridized carbons (Fsp3) is 0.524. The van der Waals surface area contributed by atoms with Gasteiger partial charge in [0.2, 0.25) is 0 Å². The van der Waals surface area contributed by atoms with Gasteiger partial charge in [-0.05, 0) is 58.6 Å². The summed E-state index contributed by atoms with van der Waals surface area (Å²) in [5.41, 5.74) is 2.19. The Morgan fingerprint density at radius 3 is 2.44 bits per heavy atom. The van der Waals surface area contributed by atoms with Crippen LogP contribution in [0.1, 0.15) is 52.2 Å². The number of benzene rings is 1. The van der Waals surface area contributed by atoms with Crippen molar-refractivity contribution in [2.45, 2.75) is 65.0 Å². The first-order valence-corrected chi connectivity index (χ1v) is 9.16. The Bertz CT molecular complexity index is 815. The Balaban J connectivity index is 2.14. The Kier molecular flexibility index (Phi) is 6.19. The van der Waals surface area contributed by atoms with Crippen molar-refractivity contribution in [1.82, 2.24) is 10.3 Å². The third-order valence-corrected chi connectivity index (χ3v) is 4.19. The van der Waals surface area contributed by atoms with Gasteiger partial charge >= 0.3 is 12.1 Å². The van der Waals surface area contributed by atoms with Crippen LogP contribution >= 0.6 is 0 Å². The zero-order valence-electron chi connectivity index (χ0n) is 17.1. The normalized spacial score (nSPS) is 12.1. The number of hydrogen-bond donors (Lipinski definition) is 2. The Hall–Kier alpha value is -2.50. The highest BCUT2D eigenvalue weighted by atomic mass is 16.6. The molecule has 1 heterocycles. The van der Waals surface area contributed by atoms with Crippen LogP contribution in [-0.2, 0) is 27.1 Å². The van der Waals surface area contributed by atoms with E-state index in [1.54, 1.807) is 0 Å². The number of alkyl carbamates (subject to hydrolysis) is 1. The average molecular weight is 374 g/mol. The molecule has 1 aromatic heterocycles. The number of fused-ring (bicyclic) bond motifs is 1. The molecule has 0 aliphatic rings. The fourth-order valence-electron chi connectivity index (χ4n) is 3.07. The Morgan fingerprint density at radius 1 is 1.11 bits per heavy atom. The van der Waals surface area contributed by atoms with Crippen molar-refractivity contribution in [3.05, 3.63) is 35.5 Å². The summed E-state index contributed by atoms with van der Waals surface area (Å²) in [6.07, 6.45) is 3.14. The third kappa shape index (κ3) is 6.01. The molecule has 2 aromatic rings. The molecule has 0 aliphatic heterocycles. The predicted molar refractivity (Wildman–Crippen MR) is 106 cm³/mol. The largest absolute Gasteiger partial charge is 0.469 e. The van der Waals surface area contributed by atoms with E-state index >= 15 is 0 Å². The summed E-state index contributed by atoms with van der Waals surface area (Å²) in [5.74, 6) is -0.221. The number of esters is 1. The molecule has 27 heavy (non-hydrogen) atoms. The van der Waals surface area contributed by atoms with E-state index in [2.05, 4.69) is 10.3 Å². The van der Waals surface area contributed by atoms with E-state index in [0.29, 0.717) is 19.3 Å². The SMILES string of the molecule is COC(=O)CCc1cccc2c(CC(C)(C)NC(=O)OC(C)(C)C)c[nH]c12. The van der Waals surface area contributed by atoms with Gasteiger partial charge in [0.25, 0.3) is 0 Å². The van der Waals surface area contributed by atoms with Gasteiger partial charge in [0.15, 0.2) is 0 Å². The van der Waals surface area contributed by atoms with E-state index in [4.69, 9.17) is 9.47 Å². The smallest absolute Gasteiger partial charge is 0.408 e. The lowest BCUT2D eigenvalue weighted by Crippen LogP contribution is -2.47. The number of H-pyrrole nitrogens is 1. The number of aromatic nitrogens is 1. The lowest BCUT2D eigenvalue weighted by molar-refractivity contribution is -0.140. The molecule has 0 bridgehead atoms. The number of carbonyl (C=O) groups excluding carboxylic acids is 2. The standard InChI is InChI=1S/C21H30N2O4/c1-20(2,3)27-19(25)23-21(4,5)12-15-13-22-18-14(8-7-9-16(15)18)10-11-17(24)26-6/h7-9,13,22H,10-12H2,1-6H3,(H,23,25). The van der Waals surface area contributed by atoms with E-state index < -0.39 is 17.2 Å². The second-order valence-corrected chi connectivity index (χ2v) is 8.42. The van der Waals surface area contributed by atoms with Gasteiger partial charge < -0.3 is 19.8 Å². The summed E-state index contributed by atoms with van der Waals surface area (Å²) in [6.45, 7) is 9.47. The zero-order valence-corrected chi connectivity index (χ0v) is 17.1. The van der Waals surface area contributed by atoms with Crippen LogP contribution < -0.4 is 5.32 Å². The summed E-state index contributed by atoms with van der Waals surface area (Å²) in [7, 11) is 1.40. The van der Waals surface area contributed by atoms with Crippen molar-refractivity contribution >= 4 is 23.0 Å². The topological polar surface area (TPSA) is 80.4 Å². The number of nitrogens with one attached hydrogen (secondary N) is 2. The maximum atomic E-state index is 12.1. The van der Waals surface area contributed by atoms with Crippen LogP contribution in [0.5, 0.6) is 0 Å². The van der Waals surface area contributed by atoms with Gasteiger partial charge in [-0.2, -0.15) is 0 Å². The predicted octanol–water partition coefficient (Wildman–Crippen LogP) is 4.12. The van der Waals surface area contributed by atoms with Crippen molar-refractivity contribution < 1.29 is 19.1 Å². The molecule has 2 N–H and O–H groups in total. The zero-order chi connectivity index (χ0) is 20.2. The molecule has 6 heteroatoms. The van der Waals surface area contributed by atoms with E-state index in [1.165, 1.54) is 7.11 Å². The molecule has 0 atom stereocenters. The summed E-state index contributed by atoms with van der Waals surface area (Å²) >= 11 is 0. The lowest BCUT2D eigenvalue weighted by atomic mass is 9.94. The van der Waals surface area contributed by atoms with Gasteiger partial charge in [-0.25, -0.2) is 4.79 Å². The number of aryl methyl sites for hydroxylation is 1. The Morgan fingerprint density at radius 2 is 1.81 bits per heavy atom. The second kappa shape index (κ2) is 8.03. The summed E-state index contributed by atoms with van der Waals surface area (Å²) < 4.78 is 10.1. The van der Waals surface area contributed by atoms with Gasteiger partial charge in [-0.1, -0.05) is 18.2 Å². The van der Waals surface area contributed by atoms with Crippen LogP contribution in [0, 0.1) is 0 Å². The van der Waals surface area contributed by atoms with Gasteiger partial charge in [0.05, 0.1) is 7.11 Å². The average Bonchev–Trinajstić information content (AvgIpc) is 2.93. The number of para-hydroxylation sites is 1. The van der Waals surface area contributed by atoms with Crippen LogP contribution in [0.25, 0.3) is 10.9 Å². The molecule has 0 spiro atoms. The fourth-order valence-corrected chi connectivity index (χ4v) is 3.07. The van der Waals surface area contributed by atoms with E-state index in [9.17, 15) is 9.59 Å². The quantitative estimate of drug-likeness (QED) is 0.746. The molecule has 0 saturated heterocycles. The molecular formula is C21H30N2O4. The van der Waals surface area contributed by atoms with Crippen molar-refractivity contribution in [2.24, 2.45) is 0 Å². The molecule has 1 aromatic carbocycles. The van der Waals surface area contributed by atoms with E-state index in [-0.39, 0.29) is 5.97 Å². The first-order chi connectivity index (χ1) is 12.5. The number of ether oxygens (including phenoxy) is 2. The number of aromatic amines is 1. The highest BCUT2D eigenvalue weighted by molar-refractivity contribution is 5.86. The van der Waals surface area contributed by atoms with E-state index in [0.717, 1.165) is 22.0 Å². The van der Waals surface area contributed by atoms with Crippen LogP contribution in [0.15, 0.2) is 24.4 Å². The number of amides is 1. The lowest BCUT2D eigenvalue weighted by Gasteiger charge is -2.28. The molecule has 2 rings (SSSR count).